The highest BCUT2D eigenvalue weighted by Gasteiger charge is 2.20. The Kier molecular flexibility index (Phi) is 3.24. The van der Waals surface area contributed by atoms with Crippen LogP contribution in [0.3, 0.4) is 0 Å². The van der Waals surface area contributed by atoms with Crippen LogP contribution in [0.4, 0.5) is 0 Å². The Balaban J connectivity index is 1.67. The standard InChI is InChI=1S/C17H9N5O2/c23-16-11-7-10(5-6-12(11)19-9-20-16)21-17(24)15-8-18-13-3-1-2-4-14(13)22-15/h1-9H. The summed E-state index contributed by atoms with van der Waals surface area (Å²) in [5.74, 6) is -0.938. The van der Waals surface area contributed by atoms with Gasteiger partial charge in [-0.05, 0) is 30.4 Å². The van der Waals surface area contributed by atoms with Crippen LogP contribution in [-0.2, 0) is 4.79 Å². The molecule has 1 aliphatic carbocycles. The van der Waals surface area contributed by atoms with E-state index >= 15 is 0 Å². The summed E-state index contributed by atoms with van der Waals surface area (Å²) in [6, 6.07) is 7.26. The predicted octanol–water partition coefficient (Wildman–Crippen LogP) is 1.72. The Morgan fingerprint density at radius 3 is 2.79 bits per heavy atom. The molecule has 1 aromatic carbocycles. The van der Waals surface area contributed by atoms with E-state index in [1.165, 1.54) is 18.6 Å². The third kappa shape index (κ3) is 2.48. The van der Waals surface area contributed by atoms with Crippen LogP contribution in [0.5, 0.6) is 0 Å². The summed E-state index contributed by atoms with van der Waals surface area (Å²) < 4.78 is 0. The van der Waals surface area contributed by atoms with Crippen LogP contribution in [0, 0.1) is 0 Å². The van der Waals surface area contributed by atoms with E-state index in [4.69, 9.17) is 0 Å². The Morgan fingerprint density at radius 2 is 1.92 bits per heavy atom. The lowest BCUT2D eigenvalue weighted by Crippen LogP contribution is -2.18. The number of carbonyl (C=O) groups excluding carboxylic acids is 2. The first kappa shape index (κ1) is 14.0. The zero-order valence-electron chi connectivity index (χ0n) is 12.2. The summed E-state index contributed by atoms with van der Waals surface area (Å²) in [4.78, 5) is 44.1. The summed E-state index contributed by atoms with van der Waals surface area (Å²) in [7, 11) is 0. The minimum Gasteiger partial charge on any atom is -0.267 e. The van der Waals surface area contributed by atoms with Crippen LogP contribution in [-0.4, -0.2) is 39.5 Å². The summed E-state index contributed by atoms with van der Waals surface area (Å²) in [5.41, 5.74) is 2.62. The minimum absolute atomic E-state index is 0.139. The van der Waals surface area contributed by atoms with E-state index in [1.807, 2.05) is 18.2 Å². The monoisotopic (exact) mass is 315 g/mol. The van der Waals surface area contributed by atoms with Crippen molar-refractivity contribution >= 4 is 40.6 Å². The molecule has 2 aromatic rings. The van der Waals surface area contributed by atoms with Crippen molar-refractivity contribution in [1.29, 1.82) is 0 Å². The molecule has 0 spiro atoms. The molecule has 24 heavy (non-hydrogen) atoms. The number of aliphatic imine (C=N–C) groups is 3. The molecule has 1 aliphatic heterocycles. The maximum absolute atomic E-state index is 12.3. The van der Waals surface area contributed by atoms with E-state index in [2.05, 4.69) is 24.9 Å². The topological polar surface area (TPSA) is 97.0 Å². The highest BCUT2D eigenvalue weighted by atomic mass is 16.2. The van der Waals surface area contributed by atoms with E-state index in [0.29, 0.717) is 28.0 Å². The molecule has 0 fully saturated rings. The molecule has 1 aromatic heterocycles. The number of hydrogen-bond acceptors (Lipinski definition) is 5. The normalized spacial score (nSPS) is 17.7. The Morgan fingerprint density at radius 1 is 1.08 bits per heavy atom. The van der Waals surface area contributed by atoms with Gasteiger partial charge in [0.1, 0.15) is 12.0 Å². The number of fused-ring (bicyclic) bond motifs is 2. The average Bonchev–Trinajstić information content (AvgIpc) is 2.62. The van der Waals surface area contributed by atoms with Gasteiger partial charge >= 0.3 is 0 Å². The number of para-hydroxylation sites is 2. The van der Waals surface area contributed by atoms with Crippen LogP contribution in [0.1, 0.15) is 10.5 Å². The number of hydrogen-bond donors (Lipinski definition) is 0. The zero-order valence-corrected chi connectivity index (χ0v) is 12.2. The lowest BCUT2D eigenvalue weighted by Gasteiger charge is -2.10. The number of benzene rings is 1. The van der Waals surface area contributed by atoms with Crippen molar-refractivity contribution in [2.75, 3.05) is 0 Å². The minimum atomic E-state index is -0.531. The Bertz CT molecular complexity index is 1040. The van der Waals surface area contributed by atoms with Gasteiger partial charge in [0, 0.05) is 0 Å². The number of carbonyl (C=O) groups is 2. The van der Waals surface area contributed by atoms with E-state index in [-0.39, 0.29) is 5.69 Å². The third-order valence-corrected chi connectivity index (χ3v) is 3.48. The van der Waals surface area contributed by atoms with E-state index in [0.717, 1.165) is 0 Å². The van der Waals surface area contributed by atoms with Gasteiger partial charge < -0.3 is 0 Å². The van der Waals surface area contributed by atoms with Crippen molar-refractivity contribution in [1.82, 2.24) is 9.97 Å². The lowest BCUT2D eigenvalue weighted by atomic mass is 10.0. The molecule has 0 saturated heterocycles. The van der Waals surface area contributed by atoms with Crippen LogP contribution in [0.25, 0.3) is 11.0 Å². The third-order valence-electron chi connectivity index (χ3n) is 3.48. The van der Waals surface area contributed by atoms with Gasteiger partial charge in [-0.15, -0.1) is 0 Å². The van der Waals surface area contributed by atoms with Crippen molar-refractivity contribution in [2.45, 2.75) is 0 Å². The molecule has 0 saturated carbocycles. The van der Waals surface area contributed by atoms with Gasteiger partial charge in [0.15, 0.2) is 0 Å². The second-order valence-corrected chi connectivity index (χ2v) is 5.04. The largest absolute Gasteiger partial charge is 0.297 e. The van der Waals surface area contributed by atoms with Crippen molar-refractivity contribution in [3.8, 4) is 0 Å². The summed E-state index contributed by atoms with van der Waals surface area (Å²) in [6.45, 7) is 0. The van der Waals surface area contributed by atoms with Crippen LogP contribution >= 0.6 is 0 Å². The first-order chi connectivity index (χ1) is 11.7. The van der Waals surface area contributed by atoms with Gasteiger partial charge in [-0.3, -0.25) is 14.6 Å². The fourth-order valence-electron chi connectivity index (χ4n) is 2.33. The maximum atomic E-state index is 12.3. The molecule has 2 amide bonds. The quantitative estimate of drug-likeness (QED) is 0.748. The summed E-state index contributed by atoms with van der Waals surface area (Å²) in [6.07, 6.45) is 7.32. The van der Waals surface area contributed by atoms with Gasteiger partial charge in [-0.1, -0.05) is 12.1 Å². The number of amides is 2. The molecule has 2 heterocycles. The average molecular weight is 315 g/mol. The van der Waals surface area contributed by atoms with Crippen molar-refractivity contribution in [3.05, 3.63) is 60.0 Å². The molecule has 0 N–H and O–H groups in total. The first-order valence-corrected chi connectivity index (χ1v) is 7.10. The molecule has 0 bridgehead atoms. The smallest absolute Gasteiger partial charge is 0.267 e. The van der Waals surface area contributed by atoms with Crippen LogP contribution in [0.15, 0.2) is 69.2 Å². The Hall–Kier alpha value is -3.61. The lowest BCUT2D eigenvalue weighted by molar-refractivity contribution is -0.113. The second-order valence-electron chi connectivity index (χ2n) is 5.04. The number of nitrogens with zero attached hydrogens (tertiary/aromatic N) is 5. The van der Waals surface area contributed by atoms with Crippen LogP contribution in [0.2, 0.25) is 0 Å². The zero-order chi connectivity index (χ0) is 16.5. The second kappa shape index (κ2) is 5.54. The van der Waals surface area contributed by atoms with Gasteiger partial charge in [-0.25, -0.2) is 15.0 Å². The molecular weight excluding hydrogens is 306 g/mol. The van der Waals surface area contributed by atoms with Gasteiger partial charge in [0.05, 0.1) is 34.2 Å². The molecule has 114 valence electrons. The van der Waals surface area contributed by atoms with Crippen molar-refractivity contribution in [3.63, 3.8) is 0 Å². The highest BCUT2D eigenvalue weighted by Crippen LogP contribution is 2.14. The fraction of sp³-hybridized carbons (Fsp3) is 0. The van der Waals surface area contributed by atoms with Crippen molar-refractivity contribution < 1.29 is 9.59 Å². The summed E-state index contributed by atoms with van der Waals surface area (Å²) >= 11 is 0. The van der Waals surface area contributed by atoms with Gasteiger partial charge in [0.25, 0.3) is 11.8 Å². The number of rotatable bonds is 1. The molecular formula is C17H9N5O2. The SMILES string of the molecule is O=C1N=CN=C2C=CC(=NC(=O)c3cnc4ccccc4n3)C=C12. The van der Waals surface area contributed by atoms with Crippen LogP contribution < -0.4 is 0 Å². The van der Waals surface area contributed by atoms with E-state index in [9.17, 15) is 9.59 Å². The van der Waals surface area contributed by atoms with Gasteiger partial charge in [-0.2, -0.15) is 4.99 Å². The molecule has 0 radical (unpaired) electrons. The summed E-state index contributed by atoms with van der Waals surface area (Å²) in [5, 5.41) is 0. The maximum Gasteiger partial charge on any atom is 0.297 e. The fourth-order valence-corrected chi connectivity index (χ4v) is 2.33. The molecule has 0 unspecified atom stereocenters. The molecule has 4 rings (SSSR count). The van der Waals surface area contributed by atoms with E-state index < -0.39 is 11.8 Å². The van der Waals surface area contributed by atoms with E-state index in [1.54, 1.807) is 18.2 Å². The molecule has 7 heteroatoms. The predicted molar refractivity (Wildman–Crippen MR) is 89.5 cm³/mol. The van der Waals surface area contributed by atoms with Crippen molar-refractivity contribution in [2.24, 2.45) is 15.0 Å². The number of allylic oxidation sites excluding steroid dienone is 3. The first-order valence-electron chi connectivity index (χ1n) is 7.10. The molecule has 2 aliphatic rings. The highest BCUT2D eigenvalue weighted by molar-refractivity contribution is 6.36. The Labute approximate surface area is 135 Å². The number of aromatic nitrogens is 2. The molecule has 0 atom stereocenters. The van der Waals surface area contributed by atoms with Gasteiger partial charge in [0.2, 0.25) is 0 Å². The molecule has 7 nitrogen and oxygen atoms in total.